The second kappa shape index (κ2) is 7.92. The Labute approximate surface area is 132 Å². The van der Waals surface area contributed by atoms with Crippen molar-refractivity contribution in [1.29, 1.82) is 0 Å². The molecule has 0 unspecified atom stereocenters. The highest BCUT2D eigenvalue weighted by Gasteiger charge is 2.32. The van der Waals surface area contributed by atoms with E-state index in [9.17, 15) is 5.11 Å². The predicted molar refractivity (Wildman–Crippen MR) is 85.0 cm³/mol. The number of ether oxygens (including phenoxy) is 3. The first-order valence-corrected chi connectivity index (χ1v) is 7.74. The van der Waals surface area contributed by atoms with E-state index < -0.39 is 6.10 Å². The zero-order chi connectivity index (χ0) is 16.1. The number of aliphatic hydroxyl groups excluding tert-OH is 1. The van der Waals surface area contributed by atoms with Crippen LogP contribution in [0.25, 0.3) is 0 Å². The summed E-state index contributed by atoms with van der Waals surface area (Å²) in [7, 11) is 3.34. The van der Waals surface area contributed by atoms with E-state index in [0.29, 0.717) is 13.2 Å². The van der Waals surface area contributed by atoms with Crippen LogP contribution in [0.1, 0.15) is 25.0 Å². The quantitative estimate of drug-likeness (QED) is 0.832. The summed E-state index contributed by atoms with van der Waals surface area (Å²) < 4.78 is 16.3. The first-order valence-electron chi connectivity index (χ1n) is 7.74. The molecular weight excluding hydrogens is 282 g/mol. The number of hydrogen-bond donors (Lipinski definition) is 1. The van der Waals surface area contributed by atoms with Gasteiger partial charge in [0.25, 0.3) is 0 Å². The highest BCUT2D eigenvalue weighted by Crippen LogP contribution is 2.23. The summed E-state index contributed by atoms with van der Waals surface area (Å²) in [6.07, 6.45) is -0.385. The highest BCUT2D eigenvalue weighted by molar-refractivity contribution is 5.37. The maximum absolute atomic E-state index is 10.1. The Morgan fingerprint density at radius 3 is 2.68 bits per heavy atom. The van der Waals surface area contributed by atoms with Gasteiger partial charge >= 0.3 is 0 Å². The average molecular weight is 309 g/mol. The maximum atomic E-state index is 10.1. The molecule has 0 bridgehead atoms. The fraction of sp³-hybridized carbons (Fsp3) is 0.647. The lowest BCUT2D eigenvalue weighted by Gasteiger charge is -2.18. The molecule has 1 aliphatic heterocycles. The summed E-state index contributed by atoms with van der Waals surface area (Å²) >= 11 is 0. The number of methoxy groups -OCH3 is 2. The van der Waals surface area contributed by atoms with Crippen LogP contribution in [0.15, 0.2) is 18.2 Å². The van der Waals surface area contributed by atoms with E-state index in [1.54, 1.807) is 14.2 Å². The van der Waals surface area contributed by atoms with E-state index in [-0.39, 0.29) is 12.2 Å². The van der Waals surface area contributed by atoms with Crippen LogP contribution in [0, 0.1) is 0 Å². The van der Waals surface area contributed by atoms with E-state index in [1.165, 1.54) is 5.56 Å². The second-order valence-electron chi connectivity index (χ2n) is 6.06. The maximum Gasteiger partial charge on any atom is 0.124 e. The third kappa shape index (κ3) is 4.43. The standard InChI is InChI=1S/C17H27NO4/c1-12(2)22-17-10-18(9-15(17)19)8-13-5-6-16(21-4)14(7-13)11-20-3/h5-7,12,15,17,19H,8-11H2,1-4H3/t15-,17-/m0/s1. The SMILES string of the molecule is COCc1cc(CN2C[C@H](OC(C)C)[C@@H](O)C2)ccc1OC. The van der Waals surface area contributed by atoms with E-state index >= 15 is 0 Å². The monoisotopic (exact) mass is 309 g/mol. The van der Waals surface area contributed by atoms with Crippen molar-refractivity contribution >= 4 is 0 Å². The van der Waals surface area contributed by atoms with Gasteiger partial charge in [-0.1, -0.05) is 6.07 Å². The molecule has 1 fully saturated rings. The molecule has 124 valence electrons. The van der Waals surface area contributed by atoms with Crippen molar-refractivity contribution in [2.24, 2.45) is 0 Å². The smallest absolute Gasteiger partial charge is 0.124 e. The number of likely N-dealkylation sites (tertiary alicyclic amines) is 1. The zero-order valence-corrected chi connectivity index (χ0v) is 13.9. The highest BCUT2D eigenvalue weighted by atomic mass is 16.5. The van der Waals surface area contributed by atoms with Crippen LogP contribution in [0.2, 0.25) is 0 Å². The normalized spacial score (nSPS) is 22.5. The Kier molecular flexibility index (Phi) is 6.20. The summed E-state index contributed by atoms with van der Waals surface area (Å²) in [5.74, 6) is 0.841. The van der Waals surface area contributed by atoms with Gasteiger partial charge in [0.15, 0.2) is 0 Å². The van der Waals surface area contributed by atoms with Crippen molar-refractivity contribution < 1.29 is 19.3 Å². The molecule has 1 aliphatic rings. The Morgan fingerprint density at radius 2 is 2.05 bits per heavy atom. The molecule has 1 heterocycles. The van der Waals surface area contributed by atoms with E-state index in [0.717, 1.165) is 24.4 Å². The Bertz CT molecular complexity index is 478. The minimum absolute atomic E-state index is 0.100. The van der Waals surface area contributed by atoms with Crippen molar-refractivity contribution in [3.05, 3.63) is 29.3 Å². The first-order chi connectivity index (χ1) is 10.5. The molecular formula is C17H27NO4. The Morgan fingerprint density at radius 1 is 1.27 bits per heavy atom. The molecule has 5 nitrogen and oxygen atoms in total. The van der Waals surface area contributed by atoms with Gasteiger partial charge in [0.1, 0.15) is 5.75 Å². The number of hydrogen-bond acceptors (Lipinski definition) is 5. The van der Waals surface area contributed by atoms with E-state index in [2.05, 4.69) is 17.0 Å². The van der Waals surface area contributed by atoms with Crippen molar-refractivity contribution in [3.8, 4) is 5.75 Å². The minimum Gasteiger partial charge on any atom is -0.496 e. The summed E-state index contributed by atoms with van der Waals surface area (Å²) in [5.41, 5.74) is 2.22. The summed E-state index contributed by atoms with van der Waals surface area (Å²) in [6, 6.07) is 6.13. The fourth-order valence-electron chi connectivity index (χ4n) is 2.90. The molecule has 1 N–H and O–H groups in total. The molecule has 2 atom stereocenters. The second-order valence-corrected chi connectivity index (χ2v) is 6.06. The molecule has 1 aromatic carbocycles. The van der Waals surface area contributed by atoms with Gasteiger partial charge in [-0.25, -0.2) is 0 Å². The third-order valence-electron chi connectivity index (χ3n) is 3.81. The summed E-state index contributed by atoms with van der Waals surface area (Å²) in [6.45, 7) is 6.70. The van der Waals surface area contributed by atoms with Crippen LogP contribution in [0.3, 0.4) is 0 Å². The summed E-state index contributed by atoms with van der Waals surface area (Å²) in [4.78, 5) is 2.22. The molecule has 0 radical (unpaired) electrons. The largest absolute Gasteiger partial charge is 0.496 e. The number of rotatable bonds is 7. The van der Waals surface area contributed by atoms with Crippen molar-refractivity contribution in [3.63, 3.8) is 0 Å². The first kappa shape index (κ1) is 17.2. The van der Waals surface area contributed by atoms with Crippen LogP contribution >= 0.6 is 0 Å². The molecule has 2 rings (SSSR count). The van der Waals surface area contributed by atoms with Gasteiger partial charge in [-0.2, -0.15) is 0 Å². The van der Waals surface area contributed by atoms with Gasteiger partial charge < -0.3 is 19.3 Å². The number of aliphatic hydroxyl groups is 1. The van der Waals surface area contributed by atoms with E-state index in [1.807, 2.05) is 19.9 Å². The molecule has 0 spiro atoms. The molecule has 0 saturated carbocycles. The van der Waals surface area contributed by atoms with Crippen LogP contribution < -0.4 is 4.74 Å². The van der Waals surface area contributed by atoms with Crippen LogP contribution in [0.4, 0.5) is 0 Å². The van der Waals surface area contributed by atoms with Crippen LogP contribution in [-0.4, -0.2) is 55.6 Å². The van der Waals surface area contributed by atoms with Crippen molar-refractivity contribution in [1.82, 2.24) is 4.90 Å². The lowest BCUT2D eigenvalue weighted by Crippen LogP contribution is -2.29. The lowest BCUT2D eigenvalue weighted by molar-refractivity contribution is -0.0396. The fourth-order valence-corrected chi connectivity index (χ4v) is 2.90. The Balaban J connectivity index is 2.00. The average Bonchev–Trinajstić information content (AvgIpc) is 2.79. The zero-order valence-electron chi connectivity index (χ0n) is 13.9. The topological polar surface area (TPSA) is 51.2 Å². The van der Waals surface area contributed by atoms with Gasteiger partial charge in [-0.05, 0) is 31.5 Å². The molecule has 22 heavy (non-hydrogen) atoms. The number of benzene rings is 1. The summed E-state index contributed by atoms with van der Waals surface area (Å²) in [5, 5.41) is 10.1. The van der Waals surface area contributed by atoms with Crippen molar-refractivity contribution in [2.45, 2.75) is 45.3 Å². The van der Waals surface area contributed by atoms with Crippen molar-refractivity contribution in [2.75, 3.05) is 27.3 Å². The van der Waals surface area contributed by atoms with Gasteiger partial charge in [-0.3, -0.25) is 4.90 Å². The lowest BCUT2D eigenvalue weighted by atomic mass is 10.1. The molecule has 5 heteroatoms. The van der Waals surface area contributed by atoms with Gasteiger partial charge in [0.05, 0.1) is 32.0 Å². The Hall–Kier alpha value is -1.14. The van der Waals surface area contributed by atoms with E-state index in [4.69, 9.17) is 14.2 Å². The van der Waals surface area contributed by atoms with Crippen LogP contribution in [0.5, 0.6) is 5.75 Å². The number of β-amino-alcohol motifs (C(OH)–C–C–N with tert-alkyl or cyclic N) is 1. The molecule has 0 amide bonds. The molecule has 1 aromatic rings. The third-order valence-corrected chi connectivity index (χ3v) is 3.81. The molecule has 0 aromatic heterocycles. The van der Waals surface area contributed by atoms with Gasteiger partial charge in [0.2, 0.25) is 0 Å². The molecule has 0 aliphatic carbocycles. The van der Waals surface area contributed by atoms with Gasteiger partial charge in [-0.15, -0.1) is 0 Å². The number of nitrogens with zero attached hydrogens (tertiary/aromatic N) is 1. The molecule has 1 saturated heterocycles. The predicted octanol–water partition coefficient (Wildman–Crippen LogP) is 1.81. The van der Waals surface area contributed by atoms with Crippen LogP contribution in [-0.2, 0) is 22.6 Å². The minimum atomic E-state index is -0.418. The van der Waals surface area contributed by atoms with Gasteiger partial charge in [0, 0.05) is 32.3 Å².